The molecule has 1 aromatic rings. The molecule has 0 saturated carbocycles. The minimum atomic E-state index is 0.0456. The van der Waals surface area contributed by atoms with Gasteiger partial charge in [-0.15, -0.1) is 0 Å². The fourth-order valence-electron chi connectivity index (χ4n) is 1.99. The average molecular weight is 220 g/mol. The lowest BCUT2D eigenvalue weighted by molar-refractivity contribution is 0.313. The molecule has 1 rings (SSSR count). The Morgan fingerprint density at radius 1 is 1.25 bits per heavy atom. The van der Waals surface area contributed by atoms with Crippen LogP contribution in [0.15, 0.2) is 30.3 Å². The van der Waals surface area contributed by atoms with Crippen molar-refractivity contribution in [1.82, 2.24) is 5.32 Å². The van der Waals surface area contributed by atoms with Gasteiger partial charge < -0.3 is 11.1 Å². The third kappa shape index (κ3) is 4.33. The molecule has 3 N–H and O–H groups in total. The van der Waals surface area contributed by atoms with E-state index in [0.717, 1.165) is 12.8 Å². The summed E-state index contributed by atoms with van der Waals surface area (Å²) in [5.74, 6) is 0. The van der Waals surface area contributed by atoms with Gasteiger partial charge in [0.05, 0.1) is 0 Å². The molecule has 0 spiro atoms. The lowest BCUT2D eigenvalue weighted by Crippen LogP contribution is -2.51. The summed E-state index contributed by atoms with van der Waals surface area (Å²) in [4.78, 5) is 0. The van der Waals surface area contributed by atoms with Crippen LogP contribution in [0.1, 0.15) is 32.8 Å². The van der Waals surface area contributed by atoms with E-state index in [1.54, 1.807) is 0 Å². The van der Waals surface area contributed by atoms with Crippen molar-refractivity contribution in [3.8, 4) is 0 Å². The Labute approximate surface area is 99.2 Å². The zero-order chi connectivity index (χ0) is 12.0. The summed E-state index contributed by atoms with van der Waals surface area (Å²) in [6.45, 7) is 7.21. The summed E-state index contributed by atoms with van der Waals surface area (Å²) in [7, 11) is 0. The van der Waals surface area contributed by atoms with Crippen LogP contribution in [0.3, 0.4) is 0 Å². The number of benzene rings is 1. The van der Waals surface area contributed by atoms with Crippen molar-refractivity contribution in [2.75, 3.05) is 6.54 Å². The molecule has 0 aliphatic rings. The molecule has 0 aromatic heterocycles. The van der Waals surface area contributed by atoms with Crippen molar-refractivity contribution in [1.29, 1.82) is 0 Å². The van der Waals surface area contributed by atoms with Crippen LogP contribution in [0.25, 0.3) is 0 Å². The molecule has 0 radical (unpaired) electrons. The quantitative estimate of drug-likeness (QED) is 0.772. The van der Waals surface area contributed by atoms with Crippen LogP contribution in [0.4, 0.5) is 0 Å². The van der Waals surface area contributed by atoms with Crippen molar-refractivity contribution in [2.24, 2.45) is 5.73 Å². The van der Waals surface area contributed by atoms with E-state index in [1.165, 1.54) is 5.56 Å². The van der Waals surface area contributed by atoms with Crippen LogP contribution in [0, 0.1) is 0 Å². The zero-order valence-electron chi connectivity index (χ0n) is 10.7. The zero-order valence-corrected chi connectivity index (χ0v) is 10.7. The molecular weight excluding hydrogens is 196 g/mol. The van der Waals surface area contributed by atoms with Crippen LogP contribution >= 0.6 is 0 Å². The fraction of sp³-hybridized carbons (Fsp3) is 0.571. The predicted molar refractivity (Wildman–Crippen MR) is 70.5 cm³/mol. The van der Waals surface area contributed by atoms with Crippen LogP contribution in [-0.4, -0.2) is 18.1 Å². The minimum Gasteiger partial charge on any atom is -0.329 e. The Morgan fingerprint density at radius 2 is 1.88 bits per heavy atom. The van der Waals surface area contributed by atoms with Gasteiger partial charge in [-0.25, -0.2) is 0 Å². The van der Waals surface area contributed by atoms with Gasteiger partial charge in [-0.3, -0.25) is 0 Å². The van der Waals surface area contributed by atoms with Crippen molar-refractivity contribution in [3.05, 3.63) is 35.9 Å². The highest BCUT2D eigenvalue weighted by molar-refractivity contribution is 5.15. The van der Waals surface area contributed by atoms with Gasteiger partial charge in [0.25, 0.3) is 0 Å². The molecule has 90 valence electrons. The number of nitrogens with one attached hydrogen (secondary N) is 1. The fourth-order valence-corrected chi connectivity index (χ4v) is 1.99. The van der Waals surface area contributed by atoms with Crippen molar-refractivity contribution >= 4 is 0 Å². The summed E-state index contributed by atoms with van der Waals surface area (Å²) in [6, 6.07) is 11.1. The van der Waals surface area contributed by atoms with Crippen LogP contribution in [-0.2, 0) is 6.42 Å². The van der Waals surface area contributed by atoms with Gasteiger partial charge in [0, 0.05) is 18.1 Å². The summed E-state index contributed by atoms with van der Waals surface area (Å²) in [5, 5.41) is 3.55. The molecule has 0 saturated heterocycles. The lowest BCUT2D eigenvalue weighted by Gasteiger charge is -2.32. The van der Waals surface area contributed by atoms with Gasteiger partial charge in [-0.1, -0.05) is 44.2 Å². The Morgan fingerprint density at radius 3 is 2.38 bits per heavy atom. The molecule has 1 unspecified atom stereocenters. The van der Waals surface area contributed by atoms with Crippen LogP contribution in [0.5, 0.6) is 0 Å². The molecule has 2 nitrogen and oxygen atoms in total. The summed E-state index contributed by atoms with van der Waals surface area (Å²) >= 11 is 0. The second-order valence-electron chi connectivity index (χ2n) is 5.05. The number of hydrogen-bond donors (Lipinski definition) is 2. The highest BCUT2D eigenvalue weighted by atomic mass is 15.0. The second-order valence-corrected chi connectivity index (χ2v) is 5.05. The van der Waals surface area contributed by atoms with Crippen molar-refractivity contribution in [3.63, 3.8) is 0 Å². The number of rotatable bonds is 6. The number of aryl methyl sites for hydroxylation is 1. The highest BCUT2D eigenvalue weighted by Gasteiger charge is 2.22. The first kappa shape index (κ1) is 13.2. The number of hydrogen-bond acceptors (Lipinski definition) is 2. The minimum absolute atomic E-state index is 0.0456. The van der Waals surface area contributed by atoms with E-state index in [-0.39, 0.29) is 5.54 Å². The first-order valence-corrected chi connectivity index (χ1v) is 6.07. The normalized spacial score (nSPS) is 15.1. The topological polar surface area (TPSA) is 38.0 Å². The molecule has 0 heterocycles. The molecule has 0 aliphatic carbocycles. The first-order chi connectivity index (χ1) is 7.56. The van der Waals surface area contributed by atoms with Gasteiger partial charge in [-0.05, 0) is 25.3 Å². The van der Waals surface area contributed by atoms with Crippen molar-refractivity contribution < 1.29 is 0 Å². The second kappa shape index (κ2) is 6.02. The van der Waals surface area contributed by atoms with E-state index in [4.69, 9.17) is 5.73 Å². The van der Waals surface area contributed by atoms with E-state index in [2.05, 4.69) is 56.4 Å². The van der Waals surface area contributed by atoms with Crippen molar-refractivity contribution in [2.45, 2.75) is 45.2 Å². The SMILES string of the molecule is CC(C)NC(C)(CN)CCc1ccccc1. The molecule has 1 aromatic carbocycles. The maximum Gasteiger partial charge on any atom is 0.0281 e. The molecule has 2 heteroatoms. The van der Waals surface area contributed by atoms with Gasteiger partial charge in [0.1, 0.15) is 0 Å². The van der Waals surface area contributed by atoms with Gasteiger partial charge in [0.2, 0.25) is 0 Å². The Bertz CT molecular complexity index is 295. The van der Waals surface area contributed by atoms with E-state index in [9.17, 15) is 0 Å². The van der Waals surface area contributed by atoms with Gasteiger partial charge in [-0.2, -0.15) is 0 Å². The van der Waals surface area contributed by atoms with E-state index in [0.29, 0.717) is 12.6 Å². The summed E-state index contributed by atoms with van der Waals surface area (Å²) in [6.07, 6.45) is 2.15. The third-order valence-corrected chi connectivity index (χ3v) is 2.90. The number of nitrogens with two attached hydrogens (primary N) is 1. The molecule has 0 fully saturated rings. The van der Waals surface area contributed by atoms with Gasteiger partial charge in [0.15, 0.2) is 0 Å². The molecule has 0 bridgehead atoms. The van der Waals surface area contributed by atoms with Gasteiger partial charge >= 0.3 is 0 Å². The maximum absolute atomic E-state index is 5.86. The van der Waals surface area contributed by atoms with E-state index >= 15 is 0 Å². The van der Waals surface area contributed by atoms with E-state index in [1.807, 2.05) is 0 Å². The third-order valence-electron chi connectivity index (χ3n) is 2.90. The van der Waals surface area contributed by atoms with Crippen LogP contribution < -0.4 is 11.1 Å². The monoisotopic (exact) mass is 220 g/mol. The molecule has 16 heavy (non-hydrogen) atoms. The lowest BCUT2D eigenvalue weighted by atomic mass is 9.92. The maximum atomic E-state index is 5.86. The predicted octanol–water partition coefficient (Wildman–Crippen LogP) is 2.33. The van der Waals surface area contributed by atoms with E-state index < -0.39 is 0 Å². The molecular formula is C14H24N2. The Balaban J connectivity index is 2.51. The standard InChI is InChI=1S/C14H24N2/c1-12(2)16-14(3,11-15)10-9-13-7-5-4-6-8-13/h4-8,12,16H,9-11,15H2,1-3H3. The largest absolute Gasteiger partial charge is 0.329 e. The smallest absolute Gasteiger partial charge is 0.0281 e. The highest BCUT2D eigenvalue weighted by Crippen LogP contribution is 2.13. The summed E-state index contributed by atoms with van der Waals surface area (Å²) in [5.41, 5.74) is 7.28. The average Bonchev–Trinajstić information content (AvgIpc) is 2.27. The molecule has 0 amide bonds. The Hall–Kier alpha value is -0.860. The Kier molecular flexibility index (Phi) is 4.97. The summed E-state index contributed by atoms with van der Waals surface area (Å²) < 4.78 is 0. The molecule has 0 aliphatic heterocycles. The first-order valence-electron chi connectivity index (χ1n) is 6.07. The molecule has 1 atom stereocenters. The van der Waals surface area contributed by atoms with Crippen LogP contribution in [0.2, 0.25) is 0 Å².